The lowest BCUT2D eigenvalue weighted by Gasteiger charge is -2.38. The van der Waals surface area contributed by atoms with Gasteiger partial charge in [-0.15, -0.1) is 0 Å². The molecule has 1 atom stereocenters. The predicted molar refractivity (Wildman–Crippen MR) is 177 cm³/mol. The number of allylic oxidation sites excluding steroid dienone is 2. The van der Waals surface area contributed by atoms with E-state index in [9.17, 15) is 14.3 Å². The summed E-state index contributed by atoms with van der Waals surface area (Å²) in [5.41, 5.74) is 3.43. The number of nitrogens with zero attached hydrogens (tertiary/aromatic N) is 1. The second-order valence-corrected chi connectivity index (χ2v) is 13.5. The van der Waals surface area contributed by atoms with Crippen molar-refractivity contribution < 1.29 is 27.1 Å². The van der Waals surface area contributed by atoms with E-state index in [1.807, 2.05) is 97.1 Å². The predicted octanol–water partition coefficient (Wildman–Crippen LogP) is 7.62. The summed E-state index contributed by atoms with van der Waals surface area (Å²) in [6, 6.07) is 30.7. The number of carboxylic acid groups (broad SMARTS) is 1. The zero-order valence-electron chi connectivity index (χ0n) is 25.3. The number of carbonyl (C=O) groups is 1. The minimum Gasteiger partial charge on any atom is -0.480 e. The Morgan fingerprint density at radius 1 is 0.870 bits per heavy atom. The highest BCUT2D eigenvalue weighted by molar-refractivity contribution is 7.90. The van der Waals surface area contributed by atoms with E-state index < -0.39 is 32.6 Å². The average molecular weight is 636 g/mol. The molecule has 0 spiro atoms. The minimum atomic E-state index is -4.50. The van der Waals surface area contributed by atoms with Crippen LogP contribution in [0.2, 0.25) is 0 Å². The van der Waals surface area contributed by atoms with Crippen LogP contribution in [0.1, 0.15) is 40.9 Å². The Labute approximate surface area is 268 Å². The fourth-order valence-electron chi connectivity index (χ4n) is 6.32. The van der Waals surface area contributed by atoms with Crippen molar-refractivity contribution in [1.29, 1.82) is 0 Å². The van der Waals surface area contributed by atoms with Crippen LogP contribution in [0.15, 0.2) is 138 Å². The highest BCUT2D eigenvalue weighted by atomic mass is 32.2. The van der Waals surface area contributed by atoms with Gasteiger partial charge >= 0.3 is 5.97 Å². The Morgan fingerprint density at radius 3 is 2.11 bits per heavy atom. The van der Waals surface area contributed by atoms with Crippen LogP contribution in [0.3, 0.4) is 0 Å². The minimum absolute atomic E-state index is 0.101. The lowest BCUT2D eigenvalue weighted by molar-refractivity contribution is -0.141. The number of carboxylic acids is 1. The van der Waals surface area contributed by atoms with Gasteiger partial charge in [0.2, 0.25) is 10.0 Å². The molecular weight excluding hydrogens is 601 g/mol. The van der Waals surface area contributed by atoms with E-state index in [2.05, 4.69) is 0 Å². The van der Waals surface area contributed by atoms with Gasteiger partial charge in [-0.25, -0.2) is 12.8 Å². The fourth-order valence-corrected chi connectivity index (χ4v) is 8.53. The maximum atomic E-state index is 15.3. The van der Waals surface area contributed by atoms with Gasteiger partial charge in [-0.2, -0.15) is 4.31 Å². The highest BCUT2D eigenvalue weighted by Gasteiger charge is 2.51. The molecule has 46 heavy (non-hydrogen) atoms. The van der Waals surface area contributed by atoms with Gasteiger partial charge in [-0.05, 0) is 41.3 Å². The Hall–Kier alpha value is -4.79. The van der Waals surface area contributed by atoms with Crippen molar-refractivity contribution in [2.75, 3.05) is 6.54 Å². The van der Waals surface area contributed by atoms with Gasteiger partial charge in [0.15, 0.2) is 4.75 Å². The first-order valence-corrected chi connectivity index (χ1v) is 16.6. The normalized spacial score (nSPS) is 18.6. The number of aliphatic carboxylic acids is 1. The molecule has 8 heteroatoms. The molecule has 1 unspecified atom stereocenters. The highest BCUT2D eigenvalue weighted by Crippen LogP contribution is 2.47. The maximum Gasteiger partial charge on any atom is 0.322 e. The summed E-state index contributed by atoms with van der Waals surface area (Å²) in [6.45, 7) is 1.53. The number of fused-ring (bicyclic) bond motifs is 1. The number of halogens is 1. The van der Waals surface area contributed by atoms with E-state index in [-0.39, 0.29) is 18.9 Å². The number of hydrogen-bond acceptors (Lipinski definition) is 4. The lowest BCUT2D eigenvalue weighted by Crippen LogP contribution is -2.53. The zero-order chi connectivity index (χ0) is 32.3. The average Bonchev–Trinajstić information content (AvgIpc) is 3.44. The molecule has 0 saturated heterocycles. The second kappa shape index (κ2) is 12.9. The molecule has 6 rings (SSSR count). The number of furan rings is 1. The van der Waals surface area contributed by atoms with Crippen LogP contribution in [-0.4, -0.2) is 36.4 Å². The molecule has 1 heterocycles. The molecule has 6 nitrogen and oxygen atoms in total. The number of rotatable bonds is 11. The van der Waals surface area contributed by atoms with E-state index in [1.54, 1.807) is 19.1 Å². The van der Waals surface area contributed by atoms with Crippen LogP contribution in [0.5, 0.6) is 0 Å². The van der Waals surface area contributed by atoms with Crippen molar-refractivity contribution in [2.45, 2.75) is 36.5 Å². The smallest absolute Gasteiger partial charge is 0.322 e. The van der Waals surface area contributed by atoms with Gasteiger partial charge in [0.25, 0.3) is 0 Å². The van der Waals surface area contributed by atoms with Gasteiger partial charge in [0.05, 0.1) is 0 Å². The number of likely N-dealkylation sites (N-methyl/N-ethyl adjacent to an activating group) is 1. The largest absolute Gasteiger partial charge is 0.480 e. The summed E-state index contributed by atoms with van der Waals surface area (Å²) in [5.74, 6) is -1.47. The van der Waals surface area contributed by atoms with Crippen LogP contribution >= 0.6 is 0 Å². The lowest BCUT2D eigenvalue weighted by atomic mass is 9.85. The van der Waals surface area contributed by atoms with Crippen molar-refractivity contribution in [3.63, 3.8) is 0 Å². The van der Waals surface area contributed by atoms with Crippen LogP contribution < -0.4 is 0 Å². The van der Waals surface area contributed by atoms with Crippen molar-refractivity contribution in [2.24, 2.45) is 0 Å². The van der Waals surface area contributed by atoms with E-state index in [4.69, 9.17) is 4.42 Å². The third-order valence-corrected chi connectivity index (χ3v) is 11.0. The Bertz CT molecular complexity index is 1990. The monoisotopic (exact) mass is 635 g/mol. The molecule has 0 fully saturated rings. The molecule has 234 valence electrons. The zero-order valence-corrected chi connectivity index (χ0v) is 26.1. The molecule has 0 aliphatic heterocycles. The first-order chi connectivity index (χ1) is 22.2. The van der Waals surface area contributed by atoms with Crippen molar-refractivity contribution in [3.05, 3.63) is 167 Å². The first-order valence-electron chi connectivity index (χ1n) is 15.2. The molecule has 0 amide bonds. The Morgan fingerprint density at radius 2 is 1.48 bits per heavy atom. The van der Waals surface area contributed by atoms with Crippen LogP contribution in [-0.2, 0) is 32.4 Å². The standard InChI is InChI=1S/C38H34FNO5S/c1-2-40(33(37(41)42)25-28-17-19-31(39)20-18-28)46(43,44)38(23-21-30(22-24-38)29-13-7-4-8-14-29)36-32-15-9-10-16-34(32)45-35(36)26-27-11-5-3-6-12-27/h3-24,30,33H,2,25-26H2,1H3,(H,41,42). The number of para-hydroxylation sites is 1. The third kappa shape index (κ3) is 5.82. The van der Waals surface area contributed by atoms with Crippen molar-refractivity contribution in [3.8, 4) is 0 Å². The van der Waals surface area contributed by atoms with Gasteiger partial charge in [-0.1, -0.05) is 122 Å². The Balaban J connectivity index is 1.55. The van der Waals surface area contributed by atoms with E-state index in [0.29, 0.717) is 34.3 Å². The Kier molecular flexibility index (Phi) is 8.75. The third-order valence-electron chi connectivity index (χ3n) is 8.58. The van der Waals surface area contributed by atoms with Crippen molar-refractivity contribution >= 4 is 27.0 Å². The molecular formula is C38H34FNO5S. The molecule has 0 saturated carbocycles. The first kappa shape index (κ1) is 31.2. The van der Waals surface area contributed by atoms with Gasteiger partial charge in [0.1, 0.15) is 23.2 Å². The van der Waals surface area contributed by atoms with E-state index >= 15 is 8.42 Å². The van der Waals surface area contributed by atoms with E-state index in [1.165, 1.54) is 24.3 Å². The van der Waals surface area contributed by atoms with Crippen LogP contribution in [0, 0.1) is 5.82 Å². The number of hydrogen-bond donors (Lipinski definition) is 1. The summed E-state index contributed by atoms with van der Waals surface area (Å²) in [7, 11) is -4.50. The second-order valence-electron chi connectivity index (χ2n) is 11.4. The van der Waals surface area contributed by atoms with Crippen molar-refractivity contribution in [1.82, 2.24) is 4.31 Å². The summed E-state index contributed by atoms with van der Waals surface area (Å²) < 4.78 is 49.9. The van der Waals surface area contributed by atoms with E-state index in [0.717, 1.165) is 15.4 Å². The van der Waals surface area contributed by atoms with Crippen LogP contribution in [0.25, 0.3) is 11.0 Å². The summed E-state index contributed by atoms with van der Waals surface area (Å²) in [5, 5.41) is 11.1. The molecule has 1 N–H and O–H groups in total. The molecule has 1 aliphatic rings. The molecule has 1 aromatic heterocycles. The summed E-state index contributed by atoms with van der Waals surface area (Å²) in [6.07, 6.45) is 7.30. The SMILES string of the molecule is CCN(C(Cc1ccc(F)cc1)C(=O)O)S(=O)(=O)C1(c2c(Cc3ccccc3)oc3ccccc23)C=CC(c2ccccc2)C=C1. The summed E-state index contributed by atoms with van der Waals surface area (Å²) >= 11 is 0. The van der Waals surface area contributed by atoms with Crippen LogP contribution in [0.4, 0.5) is 4.39 Å². The summed E-state index contributed by atoms with van der Waals surface area (Å²) in [4.78, 5) is 12.8. The molecule has 4 aromatic carbocycles. The fraction of sp³-hybridized carbons (Fsp3) is 0.184. The quantitative estimate of drug-likeness (QED) is 0.151. The van der Waals surface area contributed by atoms with Gasteiger partial charge in [0, 0.05) is 29.8 Å². The van der Waals surface area contributed by atoms with Gasteiger partial charge < -0.3 is 9.52 Å². The molecule has 0 radical (unpaired) electrons. The topological polar surface area (TPSA) is 87.8 Å². The number of benzene rings is 4. The van der Waals surface area contributed by atoms with Gasteiger partial charge in [-0.3, -0.25) is 4.79 Å². The molecule has 1 aliphatic carbocycles. The molecule has 5 aromatic rings. The maximum absolute atomic E-state index is 15.3. The number of sulfonamides is 1. The molecule has 0 bridgehead atoms.